The van der Waals surface area contributed by atoms with Gasteiger partial charge in [-0.15, -0.1) is 0 Å². The highest BCUT2D eigenvalue weighted by atomic mass is 16.3. The second kappa shape index (κ2) is 3.60. The average molecular weight is 207 g/mol. The number of hydrogen-bond acceptors (Lipinski definition) is 2. The van der Waals surface area contributed by atoms with Crippen LogP contribution < -0.4 is 5.32 Å². The van der Waals surface area contributed by atoms with Crippen molar-refractivity contribution in [1.29, 1.82) is 0 Å². The van der Waals surface area contributed by atoms with Crippen molar-refractivity contribution in [2.75, 3.05) is 19.7 Å². The van der Waals surface area contributed by atoms with Gasteiger partial charge >= 0.3 is 0 Å². The molecule has 2 heteroatoms. The van der Waals surface area contributed by atoms with Crippen LogP contribution in [-0.2, 0) is 0 Å². The zero-order valence-corrected chi connectivity index (χ0v) is 9.28. The summed E-state index contributed by atoms with van der Waals surface area (Å²) in [4.78, 5) is 0. The topological polar surface area (TPSA) is 32.3 Å². The molecular formula is C13H21NO. The maximum Gasteiger partial charge on any atom is 0.0499 e. The van der Waals surface area contributed by atoms with E-state index >= 15 is 0 Å². The Labute approximate surface area is 91.8 Å². The molecule has 0 spiro atoms. The third-order valence-corrected chi connectivity index (χ3v) is 4.62. The van der Waals surface area contributed by atoms with Gasteiger partial charge in [0.2, 0.25) is 0 Å². The van der Waals surface area contributed by atoms with Gasteiger partial charge in [-0.2, -0.15) is 0 Å². The number of aliphatic hydroxyl groups excluding tert-OH is 1. The standard InChI is InChI=1S/C13H21NO/c15-9-13(3-4-13)8-14-7-12-6-10-1-2-11(12)5-10/h1-2,10-12,14-15H,3-9H2. The molecule has 2 fully saturated rings. The normalized spacial score (nSPS) is 39.9. The zero-order chi connectivity index (χ0) is 10.3. The Morgan fingerprint density at radius 1 is 1.27 bits per heavy atom. The summed E-state index contributed by atoms with van der Waals surface area (Å²) in [5.74, 6) is 2.61. The van der Waals surface area contributed by atoms with E-state index in [1.165, 1.54) is 25.7 Å². The maximum absolute atomic E-state index is 9.20. The molecule has 0 aromatic heterocycles. The van der Waals surface area contributed by atoms with Crippen LogP contribution in [0.5, 0.6) is 0 Å². The quantitative estimate of drug-likeness (QED) is 0.671. The average Bonchev–Trinajstić information content (AvgIpc) is 2.73. The fourth-order valence-corrected chi connectivity index (χ4v) is 3.22. The van der Waals surface area contributed by atoms with E-state index in [4.69, 9.17) is 0 Å². The third-order valence-electron chi connectivity index (χ3n) is 4.62. The molecule has 3 unspecified atom stereocenters. The molecule has 3 atom stereocenters. The minimum absolute atomic E-state index is 0.271. The van der Waals surface area contributed by atoms with Crippen LogP contribution in [-0.4, -0.2) is 24.8 Å². The van der Waals surface area contributed by atoms with Crippen molar-refractivity contribution >= 4 is 0 Å². The number of hydrogen-bond donors (Lipinski definition) is 2. The van der Waals surface area contributed by atoms with Crippen molar-refractivity contribution in [3.8, 4) is 0 Å². The van der Waals surface area contributed by atoms with Crippen LogP contribution in [0.15, 0.2) is 12.2 Å². The van der Waals surface area contributed by atoms with Gasteiger partial charge in [-0.3, -0.25) is 0 Å². The minimum Gasteiger partial charge on any atom is -0.396 e. The SMILES string of the molecule is OCC1(CNCC2CC3C=CC2C3)CC1. The van der Waals surface area contributed by atoms with Crippen LogP contribution in [0.2, 0.25) is 0 Å². The molecule has 0 aromatic rings. The van der Waals surface area contributed by atoms with Crippen molar-refractivity contribution in [2.24, 2.45) is 23.2 Å². The summed E-state index contributed by atoms with van der Waals surface area (Å²) in [5, 5.41) is 12.8. The van der Waals surface area contributed by atoms with Crippen LogP contribution in [0.25, 0.3) is 0 Å². The molecule has 2 nitrogen and oxygen atoms in total. The molecule has 0 saturated heterocycles. The zero-order valence-electron chi connectivity index (χ0n) is 9.28. The summed E-state index contributed by atoms with van der Waals surface area (Å²) >= 11 is 0. The van der Waals surface area contributed by atoms with Gasteiger partial charge in [-0.25, -0.2) is 0 Å². The van der Waals surface area contributed by atoms with E-state index in [1.807, 2.05) is 0 Å². The fraction of sp³-hybridized carbons (Fsp3) is 0.846. The van der Waals surface area contributed by atoms with E-state index in [0.717, 1.165) is 30.8 Å². The largest absolute Gasteiger partial charge is 0.396 e. The summed E-state index contributed by atoms with van der Waals surface area (Å²) in [6.45, 7) is 2.56. The van der Waals surface area contributed by atoms with E-state index in [9.17, 15) is 5.11 Å². The Balaban J connectivity index is 1.42. The molecule has 0 radical (unpaired) electrons. The van der Waals surface area contributed by atoms with Crippen LogP contribution in [0.4, 0.5) is 0 Å². The number of aliphatic hydroxyl groups is 1. The Kier molecular flexibility index (Phi) is 2.37. The predicted octanol–water partition coefficient (Wildman–Crippen LogP) is 1.56. The summed E-state index contributed by atoms with van der Waals surface area (Å²) in [6.07, 6.45) is 10.0. The van der Waals surface area contributed by atoms with Gasteiger partial charge in [0, 0.05) is 18.6 Å². The van der Waals surface area contributed by atoms with Crippen LogP contribution in [0.1, 0.15) is 25.7 Å². The van der Waals surface area contributed by atoms with Gasteiger partial charge in [0.15, 0.2) is 0 Å². The van der Waals surface area contributed by atoms with Crippen LogP contribution >= 0.6 is 0 Å². The summed E-state index contributed by atoms with van der Waals surface area (Å²) in [5.41, 5.74) is 0.271. The number of allylic oxidation sites excluding steroid dienone is 2. The van der Waals surface area contributed by atoms with Gasteiger partial charge in [-0.1, -0.05) is 12.2 Å². The Morgan fingerprint density at radius 2 is 2.13 bits per heavy atom. The van der Waals surface area contributed by atoms with E-state index in [1.54, 1.807) is 0 Å². The van der Waals surface area contributed by atoms with E-state index in [2.05, 4.69) is 17.5 Å². The Hall–Kier alpha value is -0.340. The van der Waals surface area contributed by atoms with Crippen molar-refractivity contribution < 1.29 is 5.11 Å². The number of nitrogens with one attached hydrogen (secondary N) is 1. The monoisotopic (exact) mass is 207 g/mol. The van der Waals surface area contributed by atoms with Crippen molar-refractivity contribution in [2.45, 2.75) is 25.7 Å². The van der Waals surface area contributed by atoms with Crippen LogP contribution in [0, 0.1) is 23.2 Å². The molecular weight excluding hydrogens is 186 g/mol. The lowest BCUT2D eigenvalue weighted by molar-refractivity contribution is 0.205. The first kappa shape index (κ1) is 9.86. The molecule has 0 heterocycles. The Morgan fingerprint density at radius 3 is 2.67 bits per heavy atom. The summed E-state index contributed by atoms with van der Waals surface area (Å²) in [6, 6.07) is 0. The molecule has 2 saturated carbocycles. The second-order valence-corrected chi connectivity index (χ2v) is 5.83. The number of rotatable bonds is 5. The highest BCUT2D eigenvalue weighted by molar-refractivity contribution is 5.10. The lowest BCUT2D eigenvalue weighted by Gasteiger charge is -2.20. The molecule has 2 N–H and O–H groups in total. The first-order valence-corrected chi connectivity index (χ1v) is 6.31. The highest BCUT2D eigenvalue weighted by Crippen LogP contribution is 2.45. The van der Waals surface area contributed by atoms with Crippen molar-refractivity contribution in [3.05, 3.63) is 12.2 Å². The molecule has 15 heavy (non-hydrogen) atoms. The van der Waals surface area contributed by atoms with E-state index in [0.29, 0.717) is 6.61 Å². The van der Waals surface area contributed by atoms with Crippen LogP contribution in [0.3, 0.4) is 0 Å². The lowest BCUT2D eigenvalue weighted by atomic mass is 9.93. The van der Waals surface area contributed by atoms with Gasteiger partial charge in [-0.05, 0) is 50.0 Å². The molecule has 0 amide bonds. The van der Waals surface area contributed by atoms with Gasteiger partial charge in [0.1, 0.15) is 0 Å². The second-order valence-electron chi connectivity index (χ2n) is 5.83. The molecule has 3 aliphatic rings. The molecule has 3 aliphatic carbocycles. The van der Waals surface area contributed by atoms with E-state index in [-0.39, 0.29) is 5.41 Å². The molecule has 84 valence electrons. The van der Waals surface area contributed by atoms with E-state index < -0.39 is 0 Å². The number of fused-ring (bicyclic) bond motifs is 2. The third kappa shape index (κ3) is 1.85. The van der Waals surface area contributed by atoms with Gasteiger partial charge in [0.25, 0.3) is 0 Å². The van der Waals surface area contributed by atoms with Gasteiger partial charge in [0.05, 0.1) is 0 Å². The Bertz CT molecular complexity index is 270. The minimum atomic E-state index is 0.271. The molecule has 0 aromatic carbocycles. The summed E-state index contributed by atoms with van der Waals surface area (Å²) in [7, 11) is 0. The molecule has 3 rings (SSSR count). The van der Waals surface area contributed by atoms with Crippen molar-refractivity contribution in [3.63, 3.8) is 0 Å². The highest BCUT2D eigenvalue weighted by Gasteiger charge is 2.42. The fourth-order valence-electron chi connectivity index (χ4n) is 3.22. The molecule has 2 bridgehead atoms. The first-order chi connectivity index (χ1) is 7.31. The van der Waals surface area contributed by atoms with Crippen molar-refractivity contribution in [1.82, 2.24) is 5.32 Å². The lowest BCUT2D eigenvalue weighted by Crippen LogP contribution is -2.32. The molecule has 0 aliphatic heterocycles. The summed E-state index contributed by atoms with van der Waals surface area (Å²) < 4.78 is 0. The first-order valence-electron chi connectivity index (χ1n) is 6.31. The maximum atomic E-state index is 9.20. The van der Waals surface area contributed by atoms with Gasteiger partial charge < -0.3 is 10.4 Å². The smallest absolute Gasteiger partial charge is 0.0499 e. The predicted molar refractivity (Wildman–Crippen MR) is 60.5 cm³/mol.